The third-order valence-corrected chi connectivity index (χ3v) is 9.05. The van der Waals surface area contributed by atoms with Crippen LogP contribution in [0.1, 0.15) is 5.56 Å². The second-order valence-electron chi connectivity index (χ2n) is 12.8. The molecule has 19 heteroatoms. The van der Waals surface area contributed by atoms with Gasteiger partial charge in [-0.2, -0.15) is 0 Å². The molecule has 10 N–H and O–H groups in total. The molecule has 300 valence electrons. The number of aromatic hydroxyl groups is 3. The number of methoxy groups -OCH3 is 1. The summed E-state index contributed by atoms with van der Waals surface area (Å²) < 4.78 is 38.9. The summed E-state index contributed by atoms with van der Waals surface area (Å²) in [6.07, 6.45) is -15.0. The van der Waals surface area contributed by atoms with Gasteiger partial charge in [-0.05, 0) is 42.0 Å². The van der Waals surface area contributed by atoms with Crippen LogP contribution < -0.4 is 19.6 Å². The summed E-state index contributed by atoms with van der Waals surface area (Å²) >= 11 is 0. The highest BCUT2D eigenvalue weighted by Crippen LogP contribution is 2.40. The summed E-state index contributed by atoms with van der Waals surface area (Å²) in [7, 11) is 1.25. The number of carbonyl (C=O) groups is 1. The summed E-state index contributed by atoms with van der Waals surface area (Å²) in [5.74, 6) is -3.37. The van der Waals surface area contributed by atoms with Crippen molar-refractivity contribution >= 4 is 23.0 Å². The molecule has 0 bridgehead atoms. The van der Waals surface area contributed by atoms with Crippen LogP contribution in [0.3, 0.4) is 0 Å². The number of hydrogen-bond acceptors (Lipinski definition) is 19. The van der Waals surface area contributed by atoms with Gasteiger partial charge in [0, 0.05) is 23.8 Å². The Morgan fingerprint density at radius 1 is 0.768 bits per heavy atom. The quantitative estimate of drug-likeness (QED) is 0.0658. The minimum atomic E-state index is -2.01. The number of phenols is 3. The van der Waals surface area contributed by atoms with Gasteiger partial charge in [-0.25, -0.2) is 4.79 Å². The molecule has 2 fully saturated rings. The average Bonchev–Trinajstić information content (AvgIpc) is 3.18. The van der Waals surface area contributed by atoms with Gasteiger partial charge in [-0.3, -0.25) is 4.79 Å². The van der Waals surface area contributed by atoms with Crippen molar-refractivity contribution in [2.75, 3.05) is 20.3 Å². The van der Waals surface area contributed by atoms with Crippen molar-refractivity contribution in [1.29, 1.82) is 0 Å². The number of aliphatic hydroxyl groups is 7. The van der Waals surface area contributed by atoms with E-state index in [0.717, 1.165) is 18.2 Å². The Kier molecular flexibility index (Phi) is 12.0. The highest BCUT2D eigenvalue weighted by Gasteiger charge is 2.47. The van der Waals surface area contributed by atoms with Gasteiger partial charge in [0.15, 0.2) is 17.3 Å². The molecule has 0 saturated carbocycles. The third-order valence-electron chi connectivity index (χ3n) is 9.05. The Balaban J connectivity index is 1.32. The Bertz CT molecular complexity index is 2110. The third kappa shape index (κ3) is 8.21. The van der Waals surface area contributed by atoms with Crippen molar-refractivity contribution in [2.24, 2.45) is 0 Å². The molecule has 2 aliphatic heterocycles. The van der Waals surface area contributed by atoms with Gasteiger partial charge in [0.2, 0.25) is 23.8 Å². The Labute approximate surface area is 315 Å². The first kappa shape index (κ1) is 40.2. The van der Waals surface area contributed by atoms with Crippen LogP contribution in [-0.2, 0) is 19.0 Å². The number of carbonyl (C=O) groups excluding carboxylic acids is 1. The summed E-state index contributed by atoms with van der Waals surface area (Å²) in [5, 5.41) is 103. The number of benzene rings is 3. The van der Waals surface area contributed by atoms with E-state index in [1.165, 1.54) is 55.7 Å². The van der Waals surface area contributed by atoms with E-state index in [9.17, 15) is 60.7 Å². The lowest BCUT2D eigenvalue weighted by Crippen LogP contribution is -2.60. The minimum Gasteiger partial charge on any atom is -0.508 e. The van der Waals surface area contributed by atoms with Gasteiger partial charge in [0.25, 0.3) is 0 Å². The fourth-order valence-corrected chi connectivity index (χ4v) is 5.97. The number of esters is 1. The number of ether oxygens (including phenoxy) is 6. The summed E-state index contributed by atoms with van der Waals surface area (Å²) in [4.78, 5) is 26.6. The van der Waals surface area contributed by atoms with Gasteiger partial charge < -0.3 is 83.9 Å². The second kappa shape index (κ2) is 16.7. The molecule has 0 amide bonds. The molecular weight excluding hydrogens is 748 g/mol. The van der Waals surface area contributed by atoms with Crippen LogP contribution in [0.4, 0.5) is 0 Å². The number of phenolic OH excluding ortho intramolecular Hbond substituents is 3. The van der Waals surface area contributed by atoms with E-state index in [-0.39, 0.29) is 34.1 Å². The van der Waals surface area contributed by atoms with E-state index in [0.29, 0.717) is 5.56 Å². The first-order valence-electron chi connectivity index (χ1n) is 16.9. The standard InChI is InChI=1S/C37H38O19/c1-50-21-10-16(5-8-19(21)40)34-35(29(45)26-20(41)11-18(12-22(26)53-34)52-36-32(48)30(46)27(43)23(13-38)54-36)56-37-33(49)31(47)28(44)24(55-37)14-51-25(42)9-4-15-2-6-17(39)7-3-15/h2-12,23-24,27-28,30-33,36-41,43-44,46-49H,13-14H2,1H3/b9-4+/t23-,24-,27-,28-,30-,31-,32-,33-,36-,37+/m1/s1. The molecule has 1 aromatic heterocycles. The van der Waals surface area contributed by atoms with Crippen molar-refractivity contribution in [3.05, 3.63) is 76.5 Å². The number of aliphatic hydroxyl groups excluding tert-OH is 7. The lowest BCUT2D eigenvalue weighted by molar-refractivity contribution is -0.278. The highest BCUT2D eigenvalue weighted by atomic mass is 16.7. The Morgan fingerprint density at radius 3 is 2.07 bits per heavy atom. The summed E-state index contributed by atoms with van der Waals surface area (Å²) in [5.41, 5.74) is -0.829. The van der Waals surface area contributed by atoms with E-state index in [1.54, 1.807) is 0 Å². The fraction of sp³-hybridized carbons (Fsp3) is 0.351. The van der Waals surface area contributed by atoms with Gasteiger partial charge in [-0.15, -0.1) is 0 Å². The average molecular weight is 787 g/mol. The smallest absolute Gasteiger partial charge is 0.330 e. The Morgan fingerprint density at radius 2 is 1.41 bits per heavy atom. The van der Waals surface area contributed by atoms with Crippen molar-refractivity contribution in [2.45, 2.75) is 61.4 Å². The predicted molar refractivity (Wildman–Crippen MR) is 188 cm³/mol. The van der Waals surface area contributed by atoms with E-state index in [1.807, 2.05) is 0 Å². The predicted octanol–water partition coefficient (Wildman–Crippen LogP) is -0.793. The topological polar surface area (TPSA) is 305 Å². The van der Waals surface area contributed by atoms with Crippen molar-refractivity contribution in [3.8, 4) is 45.8 Å². The zero-order chi connectivity index (χ0) is 40.4. The molecule has 0 spiro atoms. The zero-order valence-corrected chi connectivity index (χ0v) is 29.2. The van der Waals surface area contributed by atoms with Crippen LogP contribution in [0.5, 0.6) is 34.5 Å². The highest BCUT2D eigenvalue weighted by molar-refractivity contribution is 5.89. The number of fused-ring (bicyclic) bond motifs is 1. The lowest BCUT2D eigenvalue weighted by atomic mass is 9.99. The van der Waals surface area contributed by atoms with Crippen LogP contribution in [0.15, 0.2) is 69.9 Å². The SMILES string of the molecule is COc1cc(-c2oc3cc(O[C@@H]4O[C@H](CO)[C@@H](O)[C@@H](O)[C@H]4O)cc(O)c3c(=O)c2O[C@@H]2O[C@H](COC(=O)/C=C/c3ccc(O)cc3)[C@@H](O)[C@@H](O)[C@H]2O)ccc1O. The van der Waals surface area contributed by atoms with Crippen LogP contribution in [-0.4, -0.2) is 139 Å². The fourth-order valence-electron chi connectivity index (χ4n) is 5.97. The van der Waals surface area contributed by atoms with Crippen molar-refractivity contribution < 1.29 is 88.7 Å². The first-order valence-corrected chi connectivity index (χ1v) is 16.9. The van der Waals surface area contributed by atoms with Crippen LogP contribution >= 0.6 is 0 Å². The van der Waals surface area contributed by atoms with Gasteiger partial charge in [0.1, 0.15) is 83.7 Å². The van der Waals surface area contributed by atoms with Gasteiger partial charge in [-0.1, -0.05) is 12.1 Å². The second-order valence-corrected chi connectivity index (χ2v) is 12.8. The molecule has 10 atom stereocenters. The molecule has 6 rings (SSSR count). The molecule has 0 unspecified atom stereocenters. The van der Waals surface area contributed by atoms with Crippen molar-refractivity contribution in [1.82, 2.24) is 0 Å². The summed E-state index contributed by atoms with van der Waals surface area (Å²) in [6, 6.07) is 11.7. The maximum Gasteiger partial charge on any atom is 0.330 e. The molecule has 4 aromatic rings. The molecule has 2 saturated heterocycles. The van der Waals surface area contributed by atoms with Crippen LogP contribution in [0, 0.1) is 0 Å². The number of hydrogen-bond donors (Lipinski definition) is 10. The molecule has 3 aromatic carbocycles. The largest absolute Gasteiger partial charge is 0.508 e. The maximum absolute atomic E-state index is 14.1. The first-order chi connectivity index (χ1) is 26.7. The van der Waals surface area contributed by atoms with Crippen LogP contribution in [0.25, 0.3) is 28.4 Å². The molecular formula is C37H38O19. The molecule has 0 radical (unpaired) electrons. The number of rotatable bonds is 11. The van der Waals surface area contributed by atoms with E-state index in [2.05, 4.69) is 0 Å². The molecule has 0 aliphatic carbocycles. The monoisotopic (exact) mass is 786 g/mol. The molecule has 19 nitrogen and oxygen atoms in total. The van der Waals surface area contributed by atoms with Gasteiger partial charge in [0.05, 0.1) is 13.7 Å². The van der Waals surface area contributed by atoms with E-state index >= 15 is 0 Å². The van der Waals surface area contributed by atoms with Gasteiger partial charge >= 0.3 is 5.97 Å². The summed E-state index contributed by atoms with van der Waals surface area (Å²) in [6.45, 7) is -1.40. The molecule has 3 heterocycles. The lowest BCUT2D eigenvalue weighted by Gasteiger charge is -2.39. The Hall–Kier alpha value is -5.48. The van der Waals surface area contributed by atoms with Crippen LogP contribution in [0.2, 0.25) is 0 Å². The minimum absolute atomic E-state index is 0.0210. The maximum atomic E-state index is 14.1. The molecule has 56 heavy (non-hydrogen) atoms. The molecule has 2 aliphatic rings. The van der Waals surface area contributed by atoms with Crippen molar-refractivity contribution in [3.63, 3.8) is 0 Å². The van der Waals surface area contributed by atoms with E-state index < -0.39 is 109 Å². The normalized spacial score (nSPS) is 27.9. The zero-order valence-electron chi connectivity index (χ0n) is 29.2. The van der Waals surface area contributed by atoms with E-state index in [4.69, 9.17) is 32.8 Å².